The molecule has 0 spiro atoms. The Morgan fingerprint density at radius 3 is 2.54 bits per heavy atom. The van der Waals surface area contributed by atoms with Gasteiger partial charge in [-0.1, -0.05) is 60.2 Å². The summed E-state index contributed by atoms with van der Waals surface area (Å²) in [7, 11) is 0. The number of urea groups is 1. The summed E-state index contributed by atoms with van der Waals surface area (Å²) in [6.07, 6.45) is -0.185. The van der Waals surface area contributed by atoms with Crippen LogP contribution in [0.1, 0.15) is 29.0 Å². The molecule has 0 saturated carbocycles. The second-order valence-corrected chi connectivity index (χ2v) is 7.93. The highest BCUT2D eigenvalue weighted by Gasteiger charge is 2.53. The molecule has 4 nitrogen and oxygen atoms in total. The van der Waals surface area contributed by atoms with Crippen LogP contribution in [0, 0.1) is 6.92 Å². The van der Waals surface area contributed by atoms with Crippen LogP contribution in [0.25, 0.3) is 0 Å². The fourth-order valence-electron chi connectivity index (χ4n) is 3.75. The van der Waals surface area contributed by atoms with Gasteiger partial charge in [0.2, 0.25) is 0 Å². The van der Waals surface area contributed by atoms with Crippen molar-refractivity contribution in [1.82, 2.24) is 9.80 Å². The second kappa shape index (κ2) is 7.33. The van der Waals surface area contributed by atoms with Gasteiger partial charge in [-0.25, -0.2) is 4.79 Å². The number of carbonyl (C=O) groups excluding carboxylic acids is 1. The summed E-state index contributed by atoms with van der Waals surface area (Å²) in [5.74, 6) is 0.903. The summed E-state index contributed by atoms with van der Waals surface area (Å²) in [5.41, 5.74) is 3.55. The van der Waals surface area contributed by atoms with Crippen LogP contribution in [0.5, 0.6) is 0 Å². The van der Waals surface area contributed by atoms with E-state index in [-0.39, 0.29) is 23.7 Å². The molecule has 2 aromatic carbocycles. The molecule has 2 aliphatic rings. The van der Waals surface area contributed by atoms with E-state index in [9.17, 15) is 4.79 Å². The first kappa shape index (κ1) is 17.4. The molecule has 2 saturated heterocycles. The molecule has 0 N–H and O–H groups in total. The van der Waals surface area contributed by atoms with Gasteiger partial charge in [-0.3, -0.25) is 4.90 Å². The van der Waals surface area contributed by atoms with Gasteiger partial charge in [-0.05, 0) is 25.0 Å². The highest BCUT2D eigenvalue weighted by atomic mass is 32.2. The number of amides is 2. The Morgan fingerprint density at radius 2 is 1.85 bits per heavy atom. The van der Waals surface area contributed by atoms with E-state index in [0.29, 0.717) is 13.2 Å². The van der Waals surface area contributed by atoms with Gasteiger partial charge >= 0.3 is 6.03 Å². The van der Waals surface area contributed by atoms with E-state index < -0.39 is 0 Å². The van der Waals surface area contributed by atoms with Gasteiger partial charge in [0.05, 0.1) is 12.6 Å². The Morgan fingerprint density at radius 1 is 1.12 bits per heavy atom. The van der Waals surface area contributed by atoms with E-state index in [0.717, 1.165) is 11.3 Å². The number of aryl methyl sites for hydroxylation is 1. The minimum atomic E-state index is -0.185. The molecule has 2 unspecified atom stereocenters. The highest BCUT2D eigenvalue weighted by Crippen LogP contribution is 2.47. The summed E-state index contributed by atoms with van der Waals surface area (Å²) < 4.78 is 6.03. The van der Waals surface area contributed by atoms with Crippen LogP contribution >= 0.6 is 11.8 Å². The van der Waals surface area contributed by atoms with Gasteiger partial charge < -0.3 is 9.64 Å². The fraction of sp³-hybridized carbons (Fsp3) is 0.381. The van der Waals surface area contributed by atoms with E-state index in [1.54, 1.807) is 0 Å². The predicted molar refractivity (Wildman–Crippen MR) is 105 cm³/mol. The number of nitrogens with zero attached hydrogens (tertiary/aromatic N) is 2. The number of thioether (sulfide) groups is 1. The van der Waals surface area contributed by atoms with Crippen molar-refractivity contribution in [1.29, 1.82) is 0 Å². The van der Waals surface area contributed by atoms with Crippen molar-refractivity contribution in [2.45, 2.75) is 38.0 Å². The molecule has 5 heteroatoms. The molecule has 4 rings (SSSR count). The van der Waals surface area contributed by atoms with Gasteiger partial charge in [0.25, 0.3) is 0 Å². The van der Waals surface area contributed by atoms with Gasteiger partial charge in [0.15, 0.2) is 6.23 Å². The predicted octanol–water partition coefficient (Wildman–Crippen LogP) is 4.41. The number of hydrogen-bond donors (Lipinski definition) is 0. The van der Waals surface area contributed by atoms with E-state index in [1.807, 2.05) is 46.7 Å². The van der Waals surface area contributed by atoms with Crippen LogP contribution in [-0.4, -0.2) is 40.5 Å². The van der Waals surface area contributed by atoms with Crippen molar-refractivity contribution in [3.63, 3.8) is 0 Å². The molecular formula is C21H24N2O2S. The molecule has 0 aliphatic carbocycles. The van der Waals surface area contributed by atoms with Crippen molar-refractivity contribution in [2.75, 3.05) is 12.4 Å². The molecule has 2 aromatic rings. The maximum Gasteiger partial charge on any atom is 0.324 e. The Kier molecular flexibility index (Phi) is 4.92. The number of benzene rings is 2. The summed E-state index contributed by atoms with van der Waals surface area (Å²) in [6, 6.07) is 18.8. The minimum Gasteiger partial charge on any atom is -0.356 e. The lowest BCUT2D eigenvalue weighted by Gasteiger charge is -2.25. The summed E-state index contributed by atoms with van der Waals surface area (Å²) in [4.78, 5) is 17.2. The van der Waals surface area contributed by atoms with Crippen LogP contribution in [0.2, 0.25) is 0 Å². The molecule has 0 radical (unpaired) electrons. The van der Waals surface area contributed by atoms with Gasteiger partial charge in [-0.2, -0.15) is 0 Å². The zero-order valence-electron chi connectivity index (χ0n) is 15.2. The first-order chi connectivity index (χ1) is 12.7. The molecular weight excluding hydrogens is 344 g/mol. The largest absolute Gasteiger partial charge is 0.356 e. The second-order valence-electron chi connectivity index (χ2n) is 6.81. The smallest absolute Gasteiger partial charge is 0.324 e. The summed E-state index contributed by atoms with van der Waals surface area (Å²) in [5, 5.41) is 0.0665. The SMILES string of the molecule is CCOC1[C@@H]2CSC(c3ccc(C)cc3)N2C(=O)N1Cc1ccccc1. The molecule has 26 heavy (non-hydrogen) atoms. The molecule has 3 atom stereocenters. The minimum absolute atomic E-state index is 0.0665. The quantitative estimate of drug-likeness (QED) is 0.784. The van der Waals surface area contributed by atoms with Gasteiger partial charge in [0.1, 0.15) is 5.37 Å². The number of hydrogen-bond acceptors (Lipinski definition) is 3. The Labute approximate surface area is 159 Å². The Bertz CT molecular complexity index is 765. The monoisotopic (exact) mass is 368 g/mol. The van der Waals surface area contributed by atoms with E-state index >= 15 is 0 Å². The van der Waals surface area contributed by atoms with E-state index in [2.05, 4.69) is 43.3 Å². The van der Waals surface area contributed by atoms with Crippen molar-refractivity contribution < 1.29 is 9.53 Å². The lowest BCUT2D eigenvalue weighted by molar-refractivity contribution is -0.0313. The van der Waals surface area contributed by atoms with Crippen LogP contribution < -0.4 is 0 Å². The van der Waals surface area contributed by atoms with Crippen LogP contribution in [0.4, 0.5) is 4.79 Å². The number of fused-ring (bicyclic) bond motifs is 1. The van der Waals surface area contributed by atoms with E-state index in [1.165, 1.54) is 11.1 Å². The first-order valence-electron chi connectivity index (χ1n) is 9.11. The molecule has 0 bridgehead atoms. The van der Waals surface area contributed by atoms with Crippen LogP contribution in [-0.2, 0) is 11.3 Å². The lowest BCUT2D eigenvalue weighted by atomic mass is 10.1. The van der Waals surface area contributed by atoms with Crippen molar-refractivity contribution in [3.05, 3.63) is 71.3 Å². The number of ether oxygens (including phenoxy) is 1. The Balaban J connectivity index is 1.61. The maximum atomic E-state index is 13.3. The standard InChI is InChI=1S/C21H24N2O2S/c1-3-25-19-18-14-26-20(17-11-9-15(2)10-12-17)23(18)21(24)22(19)13-16-7-5-4-6-8-16/h4-12,18-20H,3,13-14H2,1-2H3/t18-,19?,20?/m0/s1. The maximum absolute atomic E-state index is 13.3. The average Bonchev–Trinajstić information content (AvgIpc) is 3.19. The average molecular weight is 369 g/mol. The summed E-state index contributed by atoms with van der Waals surface area (Å²) >= 11 is 1.83. The molecule has 2 heterocycles. The van der Waals surface area contributed by atoms with E-state index in [4.69, 9.17) is 4.74 Å². The highest BCUT2D eigenvalue weighted by molar-refractivity contribution is 7.99. The zero-order chi connectivity index (χ0) is 18.1. The van der Waals surface area contributed by atoms with Crippen LogP contribution in [0.15, 0.2) is 54.6 Å². The summed E-state index contributed by atoms with van der Waals surface area (Å²) in [6.45, 7) is 5.27. The Hall–Kier alpha value is -1.98. The molecule has 2 aliphatic heterocycles. The molecule has 2 amide bonds. The first-order valence-corrected chi connectivity index (χ1v) is 10.2. The van der Waals surface area contributed by atoms with Gasteiger partial charge in [0, 0.05) is 12.4 Å². The normalized spacial score (nSPS) is 25.0. The number of carbonyl (C=O) groups is 1. The van der Waals surface area contributed by atoms with Crippen molar-refractivity contribution in [2.24, 2.45) is 0 Å². The topological polar surface area (TPSA) is 32.8 Å². The lowest BCUT2D eigenvalue weighted by Crippen LogP contribution is -2.39. The van der Waals surface area contributed by atoms with Crippen molar-refractivity contribution >= 4 is 17.8 Å². The molecule has 0 aromatic heterocycles. The fourth-order valence-corrected chi connectivity index (χ4v) is 5.21. The van der Waals surface area contributed by atoms with Crippen LogP contribution in [0.3, 0.4) is 0 Å². The third kappa shape index (κ3) is 3.10. The zero-order valence-corrected chi connectivity index (χ0v) is 16.0. The number of rotatable bonds is 5. The third-order valence-corrected chi connectivity index (χ3v) is 6.38. The molecule has 136 valence electrons. The van der Waals surface area contributed by atoms with Crippen molar-refractivity contribution in [3.8, 4) is 0 Å². The molecule has 2 fully saturated rings. The van der Waals surface area contributed by atoms with Gasteiger partial charge in [-0.15, -0.1) is 11.8 Å². The third-order valence-electron chi connectivity index (χ3n) is 5.03.